The number of hydrogen-bond acceptors (Lipinski definition) is 5. The Labute approximate surface area is 184 Å². The first-order chi connectivity index (χ1) is 15.6. The van der Waals surface area contributed by atoms with Gasteiger partial charge >= 0.3 is 5.69 Å². The van der Waals surface area contributed by atoms with Crippen LogP contribution in [0.4, 0.5) is 0 Å². The third-order valence-corrected chi connectivity index (χ3v) is 6.05. The molecule has 0 aliphatic carbocycles. The van der Waals surface area contributed by atoms with Crippen molar-refractivity contribution in [3.63, 3.8) is 0 Å². The van der Waals surface area contributed by atoms with Crippen molar-refractivity contribution in [2.75, 3.05) is 13.1 Å². The van der Waals surface area contributed by atoms with E-state index in [4.69, 9.17) is 4.42 Å². The van der Waals surface area contributed by atoms with Crippen molar-refractivity contribution in [1.82, 2.24) is 29.9 Å². The highest BCUT2D eigenvalue weighted by molar-refractivity contribution is 5.93. The number of H-pyrrole nitrogens is 2. The van der Waals surface area contributed by atoms with Gasteiger partial charge in [-0.05, 0) is 49.4 Å². The molecule has 1 aliphatic heterocycles. The van der Waals surface area contributed by atoms with Crippen LogP contribution in [-0.4, -0.2) is 48.9 Å². The van der Waals surface area contributed by atoms with Gasteiger partial charge in [0, 0.05) is 25.6 Å². The number of carbonyl (C=O) groups is 1. The molecule has 9 heteroatoms. The molecule has 5 rings (SSSR count). The van der Waals surface area contributed by atoms with E-state index in [1.165, 1.54) is 0 Å². The Hall–Kier alpha value is -3.88. The first-order valence-corrected chi connectivity index (χ1v) is 10.7. The summed E-state index contributed by atoms with van der Waals surface area (Å²) in [5.41, 5.74) is 2.70. The molecule has 164 valence electrons. The average Bonchev–Trinajstić information content (AvgIpc) is 3.56. The van der Waals surface area contributed by atoms with E-state index in [-0.39, 0.29) is 11.6 Å². The molecule has 0 bridgehead atoms. The Balaban J connectivity index is 1.24. The minimum absolute atomic E-state index is 0.0888. The predicted octanol–water partition coefficient (Wildman–Crippen LogP) is 2.95. The van der Waals surface area contributed by atoms with Crippen molar-refractivity contribution in [1.29, 1.82) is 0 Å². The van der Waals surface area contributed by atoms with Crippen molar-refractivity contribution < 1.29 is 9.21 Å². The van der Waals surface area contributed by atoms with Crippen LogP contribution in [0.1, 0.15) is 34.7 Å². The van der Waals surface area contributed by atoms with E-state index in [1.807, 2.05) is 42.2 Å². The van der Waals surface area contributed by atoms with E-state index >= 15 is 0 Å². The lowest BCUT2D eigenvalue weighted by molar-refractivity contribution is 0.0683. The summed E-state index contributed by atoms with van der Waals surface area (Å²) in [4.78, 5) is 27.1. The molecule has 1 saturated heterocycles. The Kier molecular flexibility index (Phi) is 5.22. The van der Waals surface area contributed by atoms with Gasteiger partial charge in [-0.1, -0.05) is 18.2 Å². The highest BCUT2D eigenvalue weighted by atomic mass is 16.3. The largest absolute Gasteiger partial charge is 0.463 e. The van der Waals surface area contributed by atoms with Crippen LogP contribution in [-0.2, 0) is 6.42 Å². The number of carbonyl (C=O) groups excluding carboxylic acids is 1. The van der Waals surface area contributed by atoms with Crippen molar-refractivity contribution in [2.24, 2.45) is 5.92 Å². The maximum absolute atomic E-state index is 12.9. The highest BCUT2D eigenvalue weighted by Gasteiger charge is 2.27. The summed E-state index contributed by atoms with van der Waals surface area (Å²) in [5, 5.41) is 13.9. The molecule has 0 spiro atoms. The first-order valence-electron chi connectivity index (χ1n) is 10.7. The van der Waals surface area contributed by atoms with Crippen LogP contribution in [0.5, 0.6) is 0 Å². The van der Waals surface area contributed by atoms with Gasteiger partial charge in [-0.15, -0.1) is 0 Å². The third-order valence-electron chi connectivity index (χ3n) is 6.05. The van der Waals surface area contributed by atoms with Gasteiger partial charge < -0.3 is 9.32 Å². The van der Waals surface area contributed by atoms with Crippen LogP contribution >= 0.6 is 0 Å². The topological polar surface area (TPSA) is 113 Å². The van der Waals surface area contributed by atoms with E-state index in [1.54, 1.807) is 23.0 Å². The van der Waals surface area contributed by atoms with E-state index in [2.05, 4.69) is 20.4 Å². The summed E-state index contributed by atoms with van der Waals surface area (Å²) < 4.78 is 7.01. The number of piperidine rings is 1. The minimum Gasteiger partial charge on any atom is -0.463 e. The lowest BCUT2D eigenvalue weighted by Gasteiger charge is -2.31. The van der Waals surface area contributed by atoms with Crippen molar-refractivity contribution in [3.05, 3.63) is 76.3 Å². The van der Waals surface area contributed by atoms with E-state index in [0.29, 0.717) is 42.6 Å². The number of rotatable bonds is 5. The Morgan fingerprint density at radius 2 is 1.94 bits per heavy atom. The van der Waals surface area contributed by atoms with Gasteiger partial charge in [-0.2, -0.15) is 10.2 Å². The number of nitrogens with one attached hydrogen (secondary N) is 2. The molecule has 1 aromatic carbocycles. The first kappa shape index (κ1) is 20.0. The molecule has 3 aromatic heterocycles. The molecule has 1 aliphatic rings. The maximum Gasteiger partial charge on any atom is 0.347 e. The number of likely N-dealkylation sites (tertiary alicyclic amines) is 1. The number of amides is 1. The molecule has 0 atom stereocenters. The number of hydrogen-bond donors (Lipinski definition) is 2. The second-order valence-corrected chi connectivity index (χ2v) is 8.15. The van der Waals surface area contributed by atoms with Gasteiger partial charge in [0.25, 0.3) is 5.91 Å². The molecular weight excluding hydrogens is 408 g/mol. The summed E-state index contributed by atoms with van der Waals surface area (Å²) in [6, 6.07) is 13.1. The standard InChI is InChI=1S/C23H24N6O3/c1-15-5-2-3-6-19(15)29-21(26-27-23(29)31)13-16-8-10-28(11-9-16)22(30)18-14-17(24-25-18)20-7-4-12-32-20/h2-7,12,14,16H,8-11,13H2,1H3,(H,24,25)(H,27,31). The van der Waals surface area contributed by atoms with Crippen LogP contribution < -0.4 is 5.69 Å². The Morgan fingerprint density at radius 1 is 1.12 bits per heavy atom. The zero-order chi connectivity index (χ0) is 22.1. The van der Waals surface area contributed by atoms with Gasteiger partial charge in [0.05, 0.1) is 12.0 Å². The molecule has 2 N–H and O–H groups in total. The smallest absolute Gasteiger partial charge is 0.347 e. The zero-order valence-corrected chi connectivity index (χ0v) is 17.7. The fourth-order valence-electron chi connectivity index (χ4n) is 4.28. The molecule has 1 fully saturated rings. The van der Waals surface area contributed by atoms with Gasteiger partial charge in [0.15, 0.2) is 11.5 Å². The summed E-state index contributed by atoms with van der Waals surface area (Å²) in [7, 11) is 0. The number of para-hydroxylation sites is 1. The van der Waals surface area contributed by atoms with Gasteiger partial charge in [-0.3, -0.25) is 9.89 Å². The van der Waals surface area contributed by atoms with Crippen LogP contribution in [0.3, 0.4) is 0 Å². The predicted molar refractivity (Wildman–Crippen MR) is 118 cm³/mol. The second kappa shape index (κ2) is 8.33. The molecule has 0 radical (unpaired) electrons. The minimum atomic E-state index is -0.229. The Bertz CT molecular complexity index is 1280. The van der Waals surface area contributed by atoms with E-state index in [0.717, 1.165) is 29.9 Å². The van der Waals surface area contributed by atoms with Gasteiger partial charge in [0.2, 0.25) is 0 Å². The number of aromatic nitrogens is 5. The second-order valence-electron chi connectivity index (χ2n) is 8.15. The van der Waals surface area contributed by atoms with Crippen LogP contribution in [0.25, 0.3) is 17.1 Å². The van der Waals surface area contributed by atoms with Crippen LogP contribution in [0, 0.1) is 12.8 Å². The lowest BCUT2D eigenvalue weighted by atomic mass is 9.93. The van der Waals surface area contributed by atoms with Crippen molar-refractivity contribution >= 4 is 5.91 Å². The summed E-state index contributed by atoms with van der Waals surface area (Å²) >= 11 is 0. The fraction of sp³-hybridized carbons (Fsp3) is 0.304. The summed E-state index contributed by atoms with van der Waals surface area (Å²) in [5.74, 6) is 1.63. The van der Waals surface area contributed by atoms with Crippen LogP contribution in [0.2, 0.25) is 0 Å². The van der Waals surface area contributed by atoms with Gasteiger partial charge in [0.1, 0.15) is 11.5 Å². The third kappa shape index (κ3) is 3.77. The number of nitrogens with zero attached hydrogens (tertiary/aromatic N) is 4. The number of aromatic amines is 2. The molecule has 0 unspecified atom stereocenters. The highest BCUT2D eigenvalue weighted by Crippen LogP contribution is 2.24. The number of furan rings is 1. The normalized spacial score (nSPS) is 14.7. The summed E-state index contributed by atoms with van der Waals surface area (Å²) in [6.07, 6.45) is 3.95. The molecule has 4 heterocycles. The number of benzene rings is 1. The fourth-order valence-corrected chi connectivity index (χ4v) is 4.28. The maximum atomic E-state index is 12.9. The Morgan fingerprint density at radius 3 is 2.69 bits per heavy atom. The monoisotopic (exact) mass is 432 g/mol. The molecule has 1 amide bonds. The van der Waals surface area contributed by atoms with Gasteiger partial charge in [-0.25, -0.2) is 14.5 Å². The van der Waals surface area contributed by atoms with Crippen molar-refractivity contribution in [3.8, 4) is 17.1 Å². The lowest BCUT2D eigenvalue weighted by Crippen LogP contribution is -2.39. The molecule has 9 nitrogen and oxygen atoms in total. The SMILES string of the molecule is Cc1ccccc1-n1c(CC2CCN(C(=O)c3cc(-c4ccco4)[nH]n3)CC2)n[nH]c1=O. The van der Waals surface area contributed by atoms with E-state index in [9.17, 15) is 9.59 Å². The molecule has 4 aromatic rings. The van der Waals surface area contributed by atoms with Crippen LogP contribution in [0.15, 0.2) is 57.9 Å². The quantitative estimate of drug-likeness (QED) is 0.503. The van der Waals surface area contributed by atoms with E-state index < -0.39 is 0 Å². The summed E-state index contributed by atoms with van der Waals surface area (Å²) in [6.45, 7) is 3.27. The van der Waals surface area contributed by atoms with Crippen molar-refractivity contribution in [2.45, 2.75) is 26.2 Å². The zero-order valence-electron chi connectivity index (χ0n) is 17.7. The molecular formula is C23H24N6O3. The molecule has 0 saturated carbocycles. The average molecular weight is 432 g/mol. The number of aryl methyl sites for hydroxylation is 1. The molecule has 32 heavy (non-hydrogen) atoms.